The van der Waals surface area contributed by atoms with Gasteiger partial charge in [0.1, 0.15) is 24.7 Å². The standard InChI is InChI=1S/C21H21FN2O4S/c1-29(26,27)24(19-11-5-4-10-18(19)22)15-21(25)23-13-14-28-20-12-6-8-16-7-2-3-9-17(16)20/h2-12H,13-15H2,1H3,(H,23,25). The van der Waals surface area contributed by atoms with E-state index in [1.165, 1.54) is 18.2 Å². The molecule has 0 bridgehead atoms. The van der Waals surface area contributed by atoms with E-state index in [0.717, 1.165) is 27.4 Å². The van der Waals surface area contributed by atoms with Crippen LogP contribution >= 0.6 is 0 Å². The molecule has 0 aliphatic rings. The summed E-state index contributed by atoms with van der Waals surface area (Å²) in [7, 11) is -3.83. The van der Waals surface area contributed by atoms with E-state index >= 15 is 0 Å². The van der Waals surface area contributed by atoms with E-state index in [0.29, 0.717) is 5.75 Å². The molecule has 0 saturated heterocycles. The first-order chi connectivity index (χ1) is 13.9. The Hall–Kier alpha value is -3.13. The Kier molecular flexibility index (Phi) is 6.33. The van der Waals surface area contributed by atoms with E-state index in [2.05, 4.69) is 5.32 Å². The minimum Gasteiger partial charge on any atom is -0.491 e. The molecular weight excluding hydrogens is 395 g/mol. The van der Waals surface area contributed by atoms with Crippen LogP contribution in [0, 0.1) is 5.82 Å². The fraction of sp³-hybridized carbons (Fsp3) is 0.190. The molecule has 8 heteroatoms. The van der Waals surface area contributed by atoms with E-state index in [9.17, 15) is 17.6 Å². The van der Waals surface area contributed by atoms with E-state index in [-0.39, 0.29) is 18.8 Å². The summed E-state index contributed by atoms with van der Waals surface area (Å²) in [5.41, 5.74) is -0.169. The van der Waals surface area contributed by atoms with Gasteiger partial charge in [0.05, 0.1) is 18.5 Å². The highest BCUT2D eigenvalue weighted by atomic mass is 32.2. The average Bonchev–Trinajstić information content (AvgIpc) is 2.69. The molecule has 1 amide bonds. The molecule has 0 aliphatic carbocycles. The molecule has 1 N–H and O–H groups in total. The zero-order valence-corrected chi connectivity index (χ0v) is 16.7. The Morgan fingerprint density at radius 1 is 1.03 bits per heavy atom. The SMILES string of the molecule is CS(=O)(=O)N(CC(=O)NCCOc1cccc2ccccc12)c1ccccc1F. The second kappa shape index (κ2) is 8.91. The van der Waals surface area contributed by atoms with Crippen LogP contribution in [0.3, 0.4) is 0 Å². The first-order valence-electron chi connectivity index (χ1n) is 8.96. The first kappa shape index (κ1) is 20.6. The molecule has 0 atom stereocenters. The van der Waals surface area contributed by atoms with Gasteiger partial charge in [0, 0.05) is 5.39 Å². The summed E-state index contributed by atoms with van der Waals surface area (Å²) in [6, 6.07) is 18.9. The van der Waals surface area contributed by atoms with Crippen molar-refractivity contribution >= 4 is 32.4 Å². The molecule has 3 aromatic rings. The number of sulfonamides is 1. The molecule has 3 rings (SSSR count). The lowest BCUT2D eigenvalue weighted by molar-refractivity contribution is -0.119. The third-order valence-electron chi connectivity index (χ3n) is 4.24. The van der Waals surface area contributed by atoms with Crippen LogP contribution in [0.25, 0.3) is 10.8 Å². The normalized spacial score (nSPS) is 11.2. The number of carbonyl (C=O) groups excluding carboxylic acids is 1. The Morgan fingerprint density at radius 3 is 2.48 bits per heavy atom. The quantitative estimate of drug-likeness (QED) is 0.573. The Bertz CT molecular complexity index is 1110. The number of nitrogens with zero attached hydrogens (tertiary/aromatic N) is 1. The summed E-state index contributed by atoms with van der Waals surface area (Å²) in [4.78, 5) is 12.2. The zero-order valence-electron chi connectivity index (χ0n) is 15.8. The smallest absolute Gasteiger partial charge is 0.240 e. The number of nitrogens with one attached hydrogen (secondary N) is 1. The Morgan fingerprint density at radius 2 is 1.72 bits per heavy atom. The van der Waals surface area contributed by atoms with Gasteiger partial charge in [-0.2, -0.15) is 0 Å². The van der Waals surface area contributed by atoms with Gasteiger partial charge in [0.25, 0.3) is 0 Å². The largest absolute Gasteiger partial charge is 0.491 e. The third kappa shape index (κ3) is 5.23. The van der Waals surface area contributed by atoms with Gasteiger partial charge in [-0.3, -0.25) is 9.10 Å². The number of carbonyl (C=O) groups is 1. The lowest BCUT2D eigenvalue weighted by Gasteiger charge is -2.22. The van der Waals surface area contributed by atoms with Gasteiger partial charge < -0.3 is 10.1 Å². The number of hydrogen-bond donors (Lipinski definition) is 1. The molecule has 3 aromatic carbocycles. The van der Waals surface area contributed by atoms with Crippen molar-refractivity contribution in [3.8, 4) is 5.75 Å². The Balaban J connectivity index is 1.58. The number of amides is 1. The lowest BCUT2D eigenvalue weighted by Crippen LogP contribution is -2.41. The van der Waals surface area contributed by atoms with E-state index in [4.69, 9.17) is 4.74 Å². The second-order valence-electron chi connectivity index (χ2n) is 6.40. The first-order valence-corrected chi connectivity index (χ1v) is 10.8. The van der Waals surface area contributed by atoms with E-state index in [1.807, 2.05) is 42.5 Å². The molecule has 0 aliphatic heterocycles. The lowest BCUT2D eigenvalue weighted by atomic mass is 10.1. The van der Waals surface area contributed by atoms with Crippen molar-refractivity contribution < 1.29 is 22.3 Å². The number of ether oxygens (including phenoxy) is 1. The molecule has 0 unspecified atom stereocenters. The molecule has 0 radical (unpaired) electrons. The maximum atomic E-state index is 14.0. The average molecular weight is 416 g/mol. The van der Waals surface area contributed by atoms with Crippen LogP contribution in [0.1, 0.15) is 0 Å². The molecule has 0 heterocycles. The van der Waals surface area contributed by atoms with Gasteiger partial charge in [-0.15, -0.1) is 0 Å². The van der Waals surface area contributed by atoms with Crippen LogP contribution in [0.5, 0.6) is 5.75 Å². The minimum atomic E-state index is -3.83. The van der Waals surface area contributed by atoms with E-state index < -0.39 is 28.3 Å². The van der Waals surface area contributed by atoms with Crippen molar-refractivity contribution in [3.63, 3.8) is 0 Å². The Labute approximate surface area is 169 Å². The van der Waals surface area contributed by atoms with Crippen molar-refractivity contribution in [3.05, 3.63) is 72.5 Å². The van der Waals surface area contributed by atoms with Gasteiger partial charge in [0.15, 0.2) is 0 Å². The summed E-state index contributed by atoms with van der Waals surface area (Å²) in [6.45, 7) is -0.136. The molecule has 29 heavy (non-hydrogen) atoms. The fourth-order valence-corrected chi connectivity index (χ4v) is 3.75. The van der Waals surface area contributed by atoms with Crippen molar-refractivity contribution in [2.24, 2.45) is 0 Å². The molecule has 0 spiro atoms. The summed E-state index contributed by atoms with van der Waals surface area (Å²) in [5, 5.41) is 4.61. The number of para-hydroxylation sites is 1. The highest BCUT2D eigenvalue weighted by Gasteiger charge is 2.23. The van der Waals surface area contributed by atoms with Crippen molar-refractivity contribution in [2.45, 2.75) is 0 Å². The summed E-state index contributed by atoms with van der Waals surface area (Å²) in [6.07, 6.45) is 0.927. The number of rotatable bonds is 8. The summed E-state index contributed by atoms with van der Waals surface area (Å²) < 4.78 is 44.5. The monoisotopic (exact) mass is 416 g/mol. The van der Waals surface area contributed by atoms with E-state index in [1.54, 1.807) is 0 Å². The predicted octanol–water partition coefficient (Wildman–Crippen LogP) is 2.94. The van der Waals surface area contributed by atoms with Crippen molar-refractivity contribution in [1.29, 1.82) is 0 Å². The van der Waals surface area contributed by atoms with Gasteiger partial charge >= 0.3 is 0 Å². The molecule has 152 valence electrons. The maximum absolute atomic E-state index is 14.0. The van der Waals surface area contributed by atoms with Crippen LogP contribution in [-0.4, -0.2) is 40.3 Å². The molecule has 0 fully saturated rings. The fourth-order valence-electron chi connectivity index (χ4n) is 2.89. The van der Waals surface area contributed by atoms with Crippen LogP contribution in [0.4, 0.5) is 10.1 Å². The number of hydrogen-bond acceptors (Lipinski definition) is 4. The molecular formula is C21H21FN2O4S. The van der Waals surface area contributed by atoms with Crippen LogP contribution in [0.15, 0.2) is 66.7 Å². The van der Waals surface area contributed by atoms with Crippen LogP contribution in [0.2, 0.25) is 0 Å². The van der Waals surface area contributed by atoms with Crippen LogP contribution in [-0.2, 0) is 14.8 Å². The van der Waals surface area contributed by atoms with Gasteiger partial charge in [-0.1, -0.05) is 48.5 Å². The van der Waals surface area contributed by atoms with Crippen LogP contribution < -0.4 is 14.4 Å². The van der Waals surface area contributed by atoms with Gasteiger partial charge in [0.2, 0.25) is 15.9 Å². The zero-order chi connectivity index (χ0) is 20.9. The second-order valence-corrected chi connectivity index (χ2v) is 8.30. The summed E-state index contributed by atoms with van der Waals surface area (Å²) >= 11 is 0. The maximum Gasteiger partial charge on any atom is 0.240 e. The molecule has 0 saturated carbocycles. The summed E-state index contributed by atoms with van der Waals surface area (Å²) in [5.74, 6) is -0.577. The van der Waals surface area contributed by atoms with Gasteiger partial charge in [-0.05, 0) is 23.6 Å². The minimum absolute atomic E-state index is 0.169. The number of fused-ring (bicyclic) bond motifs is 1. The molecule has 0 aromatic heterocycles. The van der Waals surface area contributed by atoms with Gasteiger partial charge in [-0.25, -0.2) is 12.8 Å². The number of anilines is 1. The third-order valence-corrected chi connectivity index (χ3v) is 5.37. The van der Waals surface area contributed by atoms with Crippen molar-refractivity contribution in [2.75, 3.05) is 30.3 Å². The number of halogens is 1. The number of benzene rings is 3. The van der Waals surface area contributed by atoms with Crippen molar-refractivity contribution in [1.82, 2.24) is 5.32 Å². The topological polar surface area (TPSA) is 75.7 Å². The highest BCUT2D eigenvalue weighted by molar-refractivity contribution is 7.92. The highest BCUT2D eigenvalue weighted by Crippen LogP contribution is 2.25. The predicted molar refractivity (Wildman–Crippen MR) is 111 cm³/mol. The molecule has 6 nitrogen and oxygen atoms in total.